The first-order chi connectivity index (χ1) is 17.3. The van der Waals surface area contributed by atoms with Gasteiger partial charge in [0.15, 0.2) is 17.3 Å². The third-order valence-electron chi connectivity index (χ3n) is 4.94. The Morgan fingerprint density at radius 3 is 2.61 bits per heavy atom. The standard InChI is InChI=1S/C25H19I2N3O6/c1-2-34-22-10-16(9-20(27)24(22)35-14-15-3-5-18(26)6-4-15)13-28-29-25(31)23-12-17-11-19(30(32)33)7-8-21(17)36-23/h3-13H,2,14H2,1H3,(H,29,31)/b28-13+. The minimum atomic E-state index is -0.581. The number of ether oxygens (including phenoxy) is 2. The Kier molecular flexibility index (Phi) is 8.40. The summed E-state index contributed by atoms with van der Waals surface area (Å²) in [6.07, 6.45) is 1.49. The molecule has 1 aromatic heterocycles. The van der Waals surface area contributed by atoms with Crippen LogP contribution in [0.1, 0.15) is 28.6 Å². The van der Waals surface area contributed by atoms with Gasteiger partial charge in [0.2, 0.25) is 0 Å². The van der Waals surface area contributed by atoms with Gasteiger partial charge < -0.3 is 13.9 Å². The minimum Gasteiger partial charge on any atom is -0.490 e. The number of nitrogens with zero attached hydrogens (tertiary/aromatic N) is 2. The van der Waals surface area contributed by atoms with Gasteiger partial charge in [-0.1, -0.05) is 12.1 Å². The SMILES string of the molecule is CCOc1cc(/C=N/NC(=O)c2cc3cc([N+](=O)[O-])ccc3o2)cc(I)c1OCc1ccc(I)cc1. The molecule has 11 heteroatoms. The topological polar surface area (TPSA) is 116 Å². The van der Waals surface area contributed by atoms with Crippen LogP contribution in [-0.4, -0.2) is 23.7 Å². The highest BCUT2D eigenvalue weighted by molar-refractivity contribution is 14.1. The molecule has 0 aliphatic rings. The van der Waals surface area contributed by atoms with Gasteiger partial charge in [-0.25, -0.2) is 5.43 Å². The number of nitrogens with one attached hydrogen (secondary N) is 1. The lowest BCUT2D eigenvalue weighted by Gasteiger charge is -2.14. The molecule has 1 amide bonds. The van der Waals surface area contributed by atoms with Crippen LogP contribution in [-0.2, 0) is 6.61 Å². The number of hydrogen-bond donors (Lipinski definition) is 1. The monoisotopic (exact) mass is 711 g/mol. The molecule has 0 bridgehead atoms. The van der Waals surface area contributed by atoms with Crippen LogP contribution >= 0.6 is 45.2 Å². The molecule has 0 spiro atoms. The number of non-ortho nitro benzene ring substituents is 1. The van der Waals surface area contributed by atoms with E-state index in [1.165, 1.54) is 30.5 Å². The van der Waals surface area contributed by atoms with Crippen molar-refractivity contribution in [3.05, 3.63) is 94.8 Å². The molecular weight excluding hydrogens is 692 g/mol. The number of hydrogen-bond acceptors (Lipinski definition) is 7. The van der Waals surface area contributed by atoms with E-state index in [1.54, 1.807) is 6.07 Å². The first kappa shape index (κ1) is 25.9. The number of fused-ring (bicyclic) bond motifs is 1. The molecule has 0 fully saturated rings. The molecule has 4 aromatic rings. The molecule has 0 unspecified atom stereocenters. The van der Waals surface area contributed by atoms with Crippen molar-refractivity contribution in [3.8, 4) is 11.5 Å². The Labute approximate surface area is 233 Å². The zero-order valence-electron chi connectivity index (χ0n) is 18.9. The summed E-state index contributed by atoms with van der Waals surface area (Å²) in [5, 5.41) is 15.4. The summed E-state index contributed by atoms with van der Waals surface area (Å²) in [7, 11) is 0. The molecule has 3 aromatic carbocycles. The van der Waals surface area contributed by atoms with E-state index >= 15 is 0 Å². The van der Waals surface area contributed by atoms with E-state index in [-0.39, 0.29) is 11.4 Å². The third kappa shape index (κ3) is 6.32. The van der Waals surface area contributed by atoms with Crippen molar-refractivity contribution in [2.24, 2.45) is 5.10 Å². The molecule has 36 heavy (non-hydrogen) atoms. The summed E-state index contributed by atoms with van der Waals surface area (Å²) in [6, 6.07) is 17.3. The van der Waals surface area contributed by atoms with E-state index in [1.807, 2.05) is 37.3 Å². The number of amides is 1. The number of benzene rings is 3. The van der Waals surface area contributed by atoms with Gasteiger partial charge >= 0.3 is 5.91 Å². The lowest BCUT2D eigenvalue weighted by atomic mass is 10.2. The summed E-state index contributed by atoms with van der Waals surface area (Å²) in [6.45, 7) is 2.74. The molecule has 184 valence electrons. The smallest absolute Gasteiger partial charge is 0.307 e. The average molecular weight is 711 g/mol. The van der Waals surface area contributed by atoms with Crippen LogP contribution in [0.3, 0.4) is 0 Å². The molecule has 0 saturated carbocycles. The zero-order chi connectivity index (χ0) is 25.7. The van der Waals surface area contributed by atoms with Crippen molar-refractivity contribution in [3.63, 3.8) is 0 Å². The highest BCUT2D eigenvalue weighted by Crippen LogP contribution is 2.34. The first-order valence-electron chi connectivity index (χ1n) is 10.7. The number of rotatable bonds is 9. The van der Waals surface area contributed by atoms with E-state index in [9.17, 15) is 14.9 Å². The lowest BCUT2D eigenvalue weighted by Crippen LogP contribution is -2.16. The van der Waals surface area contributed by atoms with Crippen molar-refractivity contribution in [1.29, 1.82) is 0 Å². The summed E-state index contributed by atoms with van der Waals surface area (Å²) >= 11 is 4.43. The third-order valence-corrected chi connectivity index (χ3v) is 6.46. The average Bonchev–Trinajstić information content (AvgIpc) is 3.28. The second-order valence-corrected chi connectivity index (χ2v) is 9.87. The Morgan fingerprint density at radius 2 is 1.89 bits per heavy atom. The van der Waals surface area contributed by atoms with Crippen LogP contribution in [0.15, 0.2) is 70.2 Å². The Morgan fingerprint density at radius 1 is 1.11 bits per heavy atom. The number of halogens is 2. The summed E-state index contributed by atoms with van der Waals surface area (Å²) < 4.78 is 19.3. The van der Waals surface area contributed by atoms with Crippen molar-refractivity contribution >= 4 is 74.0 Å². The predicted octanol–water partition coefficient (Wildman–Crippen LogP) is 6.29. The van der Waals surface area contributed by atoms with Gasteiger partial charge in [-0.15, -0.1) is 0 Å². The van der Waals surface area contributed by atoms with Crippen LogP contribution in [0, 0.1) is 17.3 Å². The van der Waals surface area contributed by atoms with E-state index in [4.69, 9.17) is 13.9 Å². The number of nitro benzene ring substituents is 1. The van der Waals surface area contributed by atoms with Crippen LogP contribution < -0.4 is 14.9 Å². The fraction of sp³-hybridized carbons (Fsp3) is 0.120. The highest BCUT2D eigenvalue weighted by Gasteiger charge is 2.15. The van der Waals surface area contributed by atoms with Crippen molar-refractivity contribution in [1.82, 2.24) is 5.43 Å². The van der Waals surface area contributed by atoms with E-state index in [0.29, 0.717) is 41.2 Å². The molecule has 0 atom stereocenters. The molecule has 4 rings (SSSR count). The zero-order valence-corrected chi connectivity index (χ0v) is 23.2. The van der Waals surface area contributed by atoms with Crippen LogP contribution in [0.25, 0.3) is 11.0 Å². The minimum absolute atomic E-state index is 0.00780. The van der Waals surface area contributed by atoms with Crippen molar-refractivity contribution < 1.29 is 23.6 Å². The Hall–Kier alpha value is -3.20. The molecule has 9 nitrogen and oxygen atoms in total. The molecular formula is C25H19I2N3O6. The Bertz CT molecular complexity index is 1450. The van der Waals surface area contributed by atoms with Gasteiger partial charge in [0.25, 0.3) is 5.69 Å². The largest absolute Gasteiger partial charge is 0.490 e. The second-order valence-electron chi connectivity index (χ2n) is 7.47. The Balaban J connectivity index is 1.46. The number of hydrazone groups is 1. The van der Waals surface area contributed by atoms with Crippen LogP contribution in [0.5, 0.6) is 11.5 Å². The van der Waals surface area contributed by atoms with Gasteiger partial charge in [-0.2, -0.15) is 5.10 Å². The maximum atomic E-state index is 12.5. The van der Waals surface area contributed by atoms with Gasteiger partial charge in [0, 0.05) is 21.1 Å². The van der Waals surface area contributed by atoms with Crippen molar-refractivity contribution in [2.75, 3.05) is 6.61 Å². The van der Waals surface area contributed by atoms with Gasteiger partial charge in [-0.3, -0.25) is 14.9 Å². The number of furan rings is 1. The fourth-order valence-corrected chi connectivity index (χ4v) is 4.42. The maximum Gasteiger partial charge on any atom is 0.307 e. The number of carbonyl (C=O) groups is 1. The molecule has 0 aliphatic heterocycles. The summed E-state index contributed by atoms with van der Waals surface area (Å²) in [5.74, 6) is 0.615. The molecule has 1 heterocycles. The molecule has 0 saturated heterocycles. The predicted molar refractivity (Wildman–Crippen MR) is 152 cm³/mol. The molecule has 0 radical (unpaired) electrons. The fourth-order valence-electron chi connectivity index (χ4n) is 3.28. The van der Waals surface area contributed by atoms with Gasteiger partial charge in [-0.05, 0) is 99.6 Å². The molecule has 1 N–H and O–H groups in total. The van der Waals surface area contributed by atoms with Gasteiger partial charge in [0.05, 0.1) is 21.3 Å². The van der Waals surface area contributed by atoms with E-state index in [0.717, 1.165) is 12.7 Å². The van der Waals surface area contributed by atoms with E-state index < -0.39 is 10.8 Å². The van der Waals surface area contributed by atoms with Gasteiger partial charge in [0.1, 0.15) is 12.2 Å². The highest BCUT2D eigenvalue weighted by atomic mass is 127. The number of nitro groups is 1. The lowest BCUT2D eigenvalue weighted by molar-refractivity contribution is -0.384. The maximum absolute atomic E-state index is 12.5. The summed E-state index contributed by atoms with van der Waals surface area (Å²) in [5.41, 5.74) is 4.44. The van der Waals surface area contributed by atoms with Crippen LogP contribution in [0.4, 0.5) is 5.69 Å². The summed E-state index contributed by atoms with van der Waals surface area (Å²) in [4.78, 5) is 22.9. The normalized spacial score (nSPS) is 11.1. The van der Waals surface area contributed by atoms with Crippen LogP contribution in [0.2, 0.25) is 0 Å². The molecule has 0 aliphatic carbocycles. The second kappa shape index (κ2) is 11.7. The van der Waals surface area contributed by atoms with Crippen molar-refractivity contribution in [2.45, 2.75) is 13.5 Å². The quantitative estimate of drug-likeness (QED) is 0.0945. The van der Waals surface area contributed by atoms with E-state index in [2.05, 4.69) is 55.7 Å². The number of carbonyl (C=O) groups excluding carboxylic acids is 1. The first-order valence-corrected chi connectivity index (χ1v) is 12.8.